The summed E-state index contributed by atoms with van der Waals surface area (Å²) in [5.41, 5.74) is 0.719. The van der Waals surface area contributed by atoms with Gasteiger partial charge in [0.2, 0.25) is 5.91 Å². The van der Waals surface area contributed by atoms with E-state index in [1.165, 1.54) is 0 Å². The Morgan fingerprint density at radius 3 is 2.77 bits per heavy atom. The highest BCUT2D eigenvalue weighted by atomic mass is 16.5. The first-order valence-corrected chi connectivity index (χ1v) is 4.20. The molecule has 0 radical (unpaired) electrons. The van der Waals surface area contributed by atoms with Gasteiger partial charge in [-0.25, -0.2) is 0 Å². The molecule has 1 aromatic rings. The number of anilines is 1. The summed E-state index contributed by atoms with van der Waals surface area (Å²) in [5, 5.41) is 2.75. The number of methoxy groups -OCH3 is 1. The molecule has 0 unspecified atom stereocenters. The highest BCUT2D eigenvalue weighted by Crippen LogP contribution is 2.22. The summed E-state index contributed by atoms with van der Waals surface area (Å²) in [6, 6.07) is 7.34. The molecule has 3 nitrogen and oxygen atoms in total. The van der Waals surface area contributed by atoms with Gasteiger partial charge in [0.15, 0.2) is 0 Å². The van der Waals surface area contributed by atoms with Crippen LogP contribution in [0.5, 0.6) is 5.75 Å². The van der Waals surface area contributed by atoms with Crippen LogP contribution in [-0.2, 0) is 4.79 Å². The van der Waals surface area contributed by atoms with Gasteiger partial charge in [0.05, 0.1) is 12.8 Å². The number of nitrogens with one attached hydrogen (secondary N) is 1. The smallest absolute Gasteiger partial charge is 0.224 e. The van der Waals surface area contributed by atoms with Crippen LogP contribution in [0.4, 0.5) is 5.69 Å². The van der Waals surface area contributed by atoms with E-state index in [-0.39, 0.29) is 5.91 Å². The molecule has 0 aliphatic carbocycles. The lowest BCUT2D eigenvalue weighted by Gasteiger charge is -2.08. The largest absolute Gasteiger partial charge is 0.495 e. The molecule has 0 saturated heterocycles. The molecule has 0 fully saturated rings. The van der Waals surface area contributed by atoms with Crippen molar-refractivity contribution in [3.05, 3.63) is 24.3 Å². The van der Waals surface area contributed by atoms with E-state index in [9.17, 15) is 4.79 Å². The van der Waals surface area contributed by atoms with Crippen LogP contribution in [0.25, 0.3) is 0 Å². The van der Waals surface area contributed by atoms with E-state index in [1.807, 2.05) is 31.2 Å². The van der Waals surface area contributed by atoms with Crippen molar-refractivity contribution in [3.63, 3.8) is 0 Å². The fraction of sp³-hybridized carbons (Fsp3) is 0.300. The van der Waals surface area contributed by atoms with E-state index >= 15 is 0 Å². The summed E-state index contributed by atoms with van der Waals surface area (Å²) >= 11 is 0. The molecule has 13 heavy (non-hydrogen) atoms. The van der Waals surface area contributed by atoms with Crippen molar-refractivity contribution in [2.45, 2.75) is 13.3 Å². The van der Waals surface area contributed by atoms with Crippen LogP contribution in [0.1, 0.15) is 13.3 Å². The second-order valence-corrected chi connectivity index (χ2v) is 2.60. The predicted octanol–water partition coefficient (Wildman–Crippen LogP) is 2.04. The number of hydrogen-bond acceptors (Lipinski definition) is 2. The number of benzene rings is 1. The number of carbonyl (C=O) groups excluding carboxylic acids is 1. The zero-order valence-corrected chi connectivity index (χ0v) is 7.83. The molecule has 1 N–H and O–H groups in total. The fourth-order valence-electron chi connectivity index (χ4n) is 0.987. The lowest BCUT2D eigenvalue weighted by atomic mass is 10.3. The Kier molecular flexibility index (Phi) is 3.31. The van der Waals surface area contributed by atoms with Crippen LogP contribution in [-0.4, -0.2) is 13.0 Å². The van der Waals surface area contributed by atoms with E-state index < -0.39 is 0 Å². The SMILES string of the molecule is CCC(=O)Nc1ccccc1OC. The minimum absolute atomic E-state index is 0.00972. The maximum Gasteiger partial charge on any atom is 0.224 e. The van der Waals surface area contributed by atoms with Crippen molar-refractivity contribution in [1.29, 1.82) is 0 Å². The minimum Gasteiger partial charge on any atom is -0.495 e. The van der Waals surface area contributed by atoms with Gasteiger partial charge < -0.3 is 10.1 Å². The molecule has 70 valence electrons. The molecule has 0 heterocycles. The zero-order chi connectivity index (χ0) is 9.68. The Hall–Kier alpha value is -1.51. The summed E-state index contributed by atoms with van der Waals surface area (Å²) in [6.07, 6.45) is 0.470. The van der Waals surface area contributed by atoms with Crippen molar-refractivity contribution in [2.24, 2.45) is 0 Å². The molecule has 0 aromatic heterocycles. The normalized spacial score (nSPS) is 9.38. The summed E-state index contributed by atoms with van der Waals surface area (Å²) in [5.74, 6) is 0.675. The minimum atomic E-state index is -0.00972. The van der Waals surface area contributed by atoms with Gasteiger partial charge in [-0.05, 0) is 12.1 Å². The first-order chi connectivity index (χ1) is 6.27. The molecule has 1 amide bonds. The number of rotatable bonds is 3. The highest BCUT2D eigenvalue weighted by molar-refractivity contribution is 5.91. The number of carbonyl (C=O) groups is 1. The van der Waals surface area contributed by atoms with Gasteiger partial charge in [-0.15, -0.1) is 0 Å². The van der Waals surface area contributed by atoms with Gasteiger partial charge in [-0.1, -0.05) is 19.1 Å². The Bertz CT molecular complexity index is 297. The van der Waals surface area contributed by atoms with Crippen LogP contribution in [0, 0.1) is 0 Å². The highest BCUT2D eigenvalue weighted by Gasteiger charge is 2.03. The molecule has 1 rings (SSSR count). The lowest BCUT2D eigenvalue weighted by molar-refractivity contribution is -0.115. The van der Waals surface area contributed by atoms with Crippen LogP contribution >= 0.6 is 0 Å². The third-order valence-electron chi connectivity index (χ3n) is 1.70. The Morgan fingerprint density at radius 1 is 1.46 bits per heavy atom. The molecule has 3 heteroatoms. The van der Waals surface area contributed by atoms with Crippen molar-refractivity contribution in [2.75, 3.05) is 12.4 Å². The molecule has 0 atom stereocenters. The van der Waals surface area contributed by atoms with Gasteiger partial charge in [-0.3, -0.25) is 4.79 Å². The van der Waals surface area contributed by atoms with Crippen molar-refractivity contribution < 1.29 is 9.53 Å². The fourth-order valence-corrected chi connectivity index (χ4v) is 0.987. The lowest BCUT2D eigenvalue weighted by Crippen LogP contribution is -2.10. The molecule has 0 spiro atoms. The van der Waals surface area contributed by atoms with Crippen LogP contribution in [0.3, 0.4) is 0 Å². The number of para-hydroxylation sites is 2. The number of ether oxygens (including phenoxy) is 1. The van der Waals surface area contributed by atoms with Gasteiger partial charge in [0.25, 0.3) is 0 Å². The van der Waals surface area contributed by atoms with E-state index in [4.69, 9.17) is 4.74 Å². The third kappa shape index (κ3) is 2.47. The summed E-state index contributed by atoms with van der Waals surface area (Å²) in [7, 11) is 1.58. The molecule has 0 aliphatic rings. The van der Waals surface area contributed by atoms with Crippen molar-refractivity contribution in [1.82, 2.24) is 0 Å². The first-order valence-electron chi connectivity index (χ1n) is 4.20. The van der Waals surface area contributed by atoms with Gasteiger partial charge in [0.1, 0.15) is 5.75 Å². The maximum atomic E-state index is 11.1. The average Bonchev–Trinajstić information content (AvgIpc) is 2.18. The molecular formula is C10H13NO2. The topological polar surface area (TPSA) is 38.3 Å². The monoisotopic (exact) mass is 179 g/mol. The molecule has 0 bridgehead atoms. The Morgan fingerprint density at radius 2 is 2.15 bits per heavy atom. The Labute approximate surface area is 77.7 Å². The summed E-state index contributed by atoms with van der Waals surface area (Å²) in [6.45, 7) is 1.81. The van der Waals surface area contributed by atoms with Gasteiger partial charge in [-0.2, -0.15) is 0 Å². The second kappa shape index (κ2) is 4.50. The van der Waals surface area contributed by atoms with E-state index in [0.29, 0.717) is 12.2 Å². The third-order valence-corrected chi connectivity index (χ3v) is 1.70. The van der Waals surface area contributed by atoms with Crippen LogP contribution < -0.4 is 10.1 Å². The van der Waals surface area contributed by atoms with Crippen LogP contribution in [0.15, 0.2) is 24.3 Å². The van der Waals surface area contributed by atoms with E-state index in [1.54, 1.807) is 7.11 Å². The quantitative estimate of drug-likeness (QED) is 0.771. The van der Waals surface area contributed by atoms with Crippen molar-refractivity contribution in [3.8, 4) is 5.75 Å². The standard InChI is InChI=1S/C10H13NO2/c1-3-10(12)11-8-6-4-5-7-9(8)13-2/h4-7H,3H2,1-2H3,(H,11,12). The molecule has 1 aromatic carbocycles. The molecule has 0 aliphatic heterocycles. The van der Waals surface area contributed by atoms with E-state index in [0.717, 1.165) is 5.69 Å². The zero-order valence-electron chi connectivity index (χ0n) is 7.83. The second-order valence-electron chi connectivity index (χ2n) is 2.60. The van der Waals surface area contributed by atoms with Crippen molar-refractivity contribution >= 4 is 11.6 Å². The summed E-state index contributed by atoms with van der Waals surface area (Å²) < 4.78 is 5.08. The van der Waals surface area contributed by atoms with Gasteiger partial charge in [0, 0.05) is 6.42 Å². The van der Waals surface area contributed by atoms with Crippen LogP contribution in [0.2, 0.25) is 0 Å². The van der Waals surface area contributed by atoms with E-state index in [2.05, 4.69) is 5.32 Å². The summed E-state index contributed by atoms with van der Waals surface area (Å²) in [4.78, 5) is 11.1. The predicted molar refractivity (Wildman–Crippen MR) is 51.9 cm³/mol. The van der Waals surface area contributed by atoms with Gasteiger partial charge >= 0.3 is 0 Å². The molecular weight excluding hydrogens is 166 g/mol. The molecule has 0 saturated carbocycles. The first kappa shape index (κ1) is 9.58. The number of amides is 1. The Balaban J connectivity index is 2.81. The number of hydrogen-bond donors (Lipinski definition) is 1. The maximum absolute atomic E-state index is 11.1. The average molecular weight is 179 g/mol.